The van der Waals surface area contributed by atoms with Crippen LogP contribution in [0.4, 0.5) is 0 Å². The minimum atomic E-state index is -0.246. The van der Waals surface area contributed by atoms with E-state index in [-0.39, 0.29) is 36.9 Å². The molecule has 74 heavy (non-hydrogen) atoms. The Morgan fingerprint density at radius 1 is 0.459 bits per heavy atom. The van der Waals surface area contributed by atoms with E-state index in [9.17, 15) is 9.59 Å². The van der Waals surface area contributed by atoms with Gasteiger partial charge < -0.3 is 65.8 Å². The molecule has 2 aliphatic rings. The number of carbonyl (C=O) groups is 2. The summed E-state index contributed by atoms with van der Waals surface area (Å²) in [4.78, 5) is 25.7. The van der Waals surface area contributed by atoms with E-state index in [2.05, 4.69) is 38.4 Å². The number of benzene rings is 4. The molecule has 0 N–H and O–H groups in total. The van der Waals surface area contributed by atoms with Gasteiger partial charge in [-0.1, -0.05) is 12.2 Å². The van der Waals surface area contributed by atoms with Gasteiger partial charge in [0.05, 0.1) is 125 Å². The maximum Gasteiger partial charge on any atom is 0.306 e. The standard InChI is InChI=1S/C58H80N2O14/c1-59(25-21-41-35-47(63-3)49(65-5)37-43(41)45(59)29-39-31-51(67-7)57(71-11)52(32-39)68-8)23-17-27-73-55(61)19-15-13-14-16-20-56(62)74-28-18-24-60(2)26-22-42-36-48(64-4)50(66-6)38-44(42)46(60)30-40-33-53(69-9)58(72-12)54(34-40)70-10/h13-14,31-38,45-46H,15-30H2,1-12H3/q+2/t45-,46-,59-,60+/m1/s1. The molecule has 4 aromatic carbocycles. The Morgan fingerprint density at radius 2 is 0.784 bits per heavy atom. The fourth-order valence-corrected chi connectivity index (χ4v) is 10.8. The van der Waals surface area contributed by atoms with E-state index >= 15 is 0 Å². The summed E-state index contributed by atoms with van der Waals surface area (Å²) in [7, 11) is 20.9. The molecule has 4 atom stereocenters. The first-order chi connectivity index (χ1) is 35.7. The first kappa shape index (κ1) is 56.8. The van der Waals surface area contributed by atoms with Gasteiger partial charge in [0.15, 0.2) is 46.0 Å². The molecule has 0 fully saturated rings. The van der Waals surface area contributed by atoms with Crippen molar-refractivity contribution in [2.24, 2.45) is 0 Å². The van der Waals surface area contributed by atoms with Crippen molar-refractivity contribution in [3.63, 3.8) is 0 Å². The lowest BCUT2D eigenvalue weighted by atomic mass is 9.86. The second kappa shape index (κ2) is 26.6. The molecule has 0 aromatic heterocycles. The number of allylic oxidation sites excluding steroid dienone is 2. The molecule has 0 saturated heterocycles. The van der Waals surface area contributed by atoms with Crippen LogP contribution in [0.1, 0.15) is 84.0 Å². The topological polar surface area (TPSA) is 145 Å². The van der Waals surface area contributed by atoms with Gasteiger partial charge >= 0.3 is 11.9 Å². The molecule has 6 rings (SSSR count). The quantitative estimate of drug-likeness (QED) is 0.0231. The molecule has 0 bridgehead atoms. The molecule has 0 radical (unpaired) electrons. The van der Waals surface area contributed by atoms with Crippen molar-refractivity contribution in [2.75, 3.05) is 125 Å². The van der Waals surface area contributed by atoms with Gasteiger partial charge in [-0.3, -0.25) is 9.59 Å². The summed E-state index contributed by atoms with van der Waals surface area (Å²) in [5, 5.41) is 0. The zero-order valence-corrected chi connectivity index (χ0v) is 45.9. The number of likely N-dealkylation sites (N-methyl/N-ethyl adjacent to an activating group) is 2. The average molecular weight is 1030 g/mol. The molecule has 0 aliphatic carbocycles. The van der Waals surface area contributed by atoms with Gasteiger partial charge in [-0.2, -0.15) is 0 Å². The summed E-state index contributed by atoms with van der Waals surface area (Å²) >= 11 is 0. The van der Waals surface area contributed by atoms with Crippen molar-refractivity contribution < 1.29 is 75.4 Å². The SMILES string of the molecule is COc1cc2c(cc1OC)[C@@H](Cc1cc(OC)c(OC)c(OC)c1)[N@@+](C)(CCCOC(=O)CCC=CCCC(=O)OCCC[N@+]1(C)CCc3cc(OC)c(OC)cc3[C@H]1Cc1cc(OC)c(OC)c(OC)c1)CC2. The molecule has 0 spiro atoms. The number of hydrogen-bond acceptors (Lipinski definition) is 14. The molecule has 2 heterocycles. The predicted molar refractivity (Wildman–Crippen MR) is 282 cm³/mol. The lowest BCUT2D eigenvalue weighted by Crippen LogP contribution is -2.52. The smallest absolute Gasteiger partial charge is 0.306 e. The molecule has 404 valence electrons. The van der Waals surface area contributed by atoms with Gasteiger partial charge in [0, 0.05) is 62.5 Å². The molecule has 16 heteroatoms. The number of methoxy groups -OCH3 is 10. The molecule has 2 aliphatic heterocycles. The van der Waals surface area contributed by atoms with E-state index in [0.717, 1.165) is 59.1 Å². The minimum Gasteiger partial charge on any atom is -0.493 e. The summed E-state index contributed by atoms with van der Waals surface area (Å²) < 4.78 is 69.8. The van der Waals surface area contributed by atoms with Crippen molar-refractivity contribution in [1.82, 2.24) is 0 Å². The second-order valence-corrected chi connectivity index (χ2v) is 19.4. The van der Waals surface area contributed by atoms with Crippen LogP contribution in [0.25, 0.3) is 0 Å². The Morgan fingerprint density at radius 3 is 1.09 bits per heavy atom. The third-order valence-electron chi connectivity index (χ3n) is 15.0. The number of fused-ring (bicyclic) bond motifs is 2. The van der Waals surface area contributed by atoms with E-state index in [0.29, 0.717) is 109 Å². The molecule has 16 nitrogen and oxygen atoms in total. The van der Waals surface area contributed by atoms with Crippen LogP contribution >= 0.6 is 0 Å². The van der Waals surface area contributed by atoms with Gasteiger partial charge in [-0.15, -0.1) is 0 Å². The Labute approximate surface area is 438 Å². The number of nitrogens with zero attached hydrogens (tertiary/aromatic N) is 2. The Balaban J connectivity index is 0.967. The highest BCUT2D eigenvalue weighted by atomic mass is 16.6. The van der Waals surface area contributed by atoms with Crippen LogP contribution in [-0.4, -0.2) is 145 Å². The van der Waals surface area contributed by atoms with Crippen LogP contribution in [0.5, 0.6) is 57.5 Å². The molecular formula is C58H80N2O14+2. The number of carbonyl (C=O) groups excluding carboxylic acids is 2. The maximum atomic E-state index is 12.9. The van der Waals surface area contributed by atoms with Gasteiger partial charge in [-0.25, -0.2) is 0 Å². The van der Waals surface area contributed by atoms with Crippen molar-refractivity contribution in [1.29, 1.82) is 0 Å². The Hall–Kier alpha value is -6.52. The number of hydrogen-bond donors (Lipinski definition) is 0. The zero-order valence-electron chi connectivity index (χ0n) is 45.9. The van der Waals surface area contributed by atoms with Crippen LogP contribution in [0.15, 0.2) is 60.7 Å². The summed E-state index contributed by atoms with van der Waals surface area (Å²) in [5.41, 5.74) is 6.93. The fraction of sp³-hybridized carbons (Fsp3) is 0.517. The van der Waals surface area contributed by atoms with Crippen LogP contribution < -0.4 is 47.4 Å². The monoisotopic (exact) mass is 1030 g/mol. The van der Waals surface area contributed by atoms with Crippen molar-refractivity contribution >= 4 is 11.9 Å². The van der Waals surface area contributed by atoms with Crippen molar-refractivity contribution in [3.05, 3.63) is 94.1 Å². The third-order valence-corrected chi connectivity index (χ3v) is 15.0. The number of quaternary nitrogens is 2. The molecule has 0 amide bonds. The average Bonchev–Trinajstić information content (AvgIpc) is 3.42. The lowest BCUT2D eigenvalue weighted by Gasteiger charge is -2.46. The first-order valence-corrected chi connectivity index (χ1v) is 25.5. The molecule has 0 saturated carbocycles. The van der Waals surface area contributed by atoms with Gasteiger partial charge in [0.25, 0.3) is 0 Å². The van der Waals surface area contributed by atoms with E-state index in [1.165, 1.54) is 22.3 Å². The van der Waals surface area contributed by atoms with E-state index < -0.39 is 0 Å². The lowest BCUT2D eigenvalue weighted by molar-refractivity contribution is -0.941. The van der Waals surface area contributed by atoms with Crippen LogP contribution in [0.3, 0.4) is 0 Å². The maximum absolute atomic E-state index is 12.9. The number of esters is 2. The Bertz CT molecular complexity index is 2340. The second-order valence-electron chi connectivity index (χ2n) is 19.4. The van der Waals surface area contributed by atoms with Crippen LogP contribution in [0.2, 0.25) is 0 Å². The van der Waals surface area contributed by atoms with E-state index in [1.54, 1.807) is 71.1 Å². The number of ether oxygens (including phenoxy) is 12. The van der Waals surface area contributed by atoms with Gasteiger partial charge in [0.2, 0.25) is 11.5 Å². The van der Waals surface area contributed by atoms with E-state index in [1.807, 2.05) is 36.4 Å². The molecule has 0 unspecified atom stereocenters. The molecular weight excluding hydrogens is 949 g/mol. The minimum absolute atomic E-state index is 0.0551. The van der Waals surface area contributed by atoms with Gasteiger partial charge in [0.1, 0.15) is 12.1 Å². The van der Waals surface area contributed by atoms with Crippen molar-refractivity contribution in [2.45, 2.75) is 76.3 Å². The van der Waals surface area contributed by atoms with Crippen LogP contribution in [-0.2, 0) is 44.7 Å². The summed E-state index contributed by atoms with van der Waals surface area (Å²) in [6.45, 7) is 4.02. The first-order valence-electron chi connectivity index (χ1n) is 25.5. The highest BCUT2D eigenvalue weighted by Crippen LogP contribution is 2.47. The third kappa shape index (κ3) is 13.4. The largest absolute Gasteiger partial charge is 0.493 e. The summed E-state index contributed by atoms with van der Waals surface area (Å²) in [6, 6.07) is 16.5. The van der Waals surface area contributed by atoms with Gasteiger partial charge in [-0.05, 0) is 83.6 Å². The summed E-state index contributed by atoms with van der Waals surface area (Å²) in [6.07, 6.45) is 9.94. The highest BCUT2D eigenvalue weighted by molar-refractivity contribution is 5.70. The fourth-order valence-electron chi connectivity index (χ4n) is 10.8. The predicted octanol–water partition coefficient (Wildman–Crippen LogP) is 9.03. The normalized spacial score (nSPS) is 18.9. The van der Waals surface area contributed by atoms with Crippen molar-refractivity contribution in [3.8, 4) is 57.5 Å². The zero-order chi connectivity index (χ0) is 53.4. The summed E-state index contributed by atoms with van der Waals surface area (Å²) in [5.74, 6) is 5.81. The highest BCUT2D eigenvalue weighted by Gasteiger charge is 2.42. The molecule has 4 aromatic rings. The van der Waals surface area contributed by atoms with E-state index in [4.69, 9.17) is 56.8 Å². The Kier molecular flexibility index (Phi) is 20.4. The number of rotatable bonds is 28. The van der Waals surface area contributed by atoms with Crippen LogP contribution in [0, 0.1) is 0 Å².